The van der Waals surface area contributed by atoms with Gasteiger partial charge in [0, 0.05) is 18.1 Å². The number of rotatable bonds is 12. The zero-order chi connectivity index (χ0) is 29.4. The van der Waals surface area contributed by atoms with E-state index in [-0.39, 0.29) is 28.1 Å². The predicted molar refractivity (Wildman–Crippen MR) is 153 cm³/mol. The molecule has 214 valence electrons. The van der Waals surface area contributed by atoms with Crippen LogP contribution in [0.25, 0.3) is 0 Å². The molecule has 0 aliphatic carbocycles. The number of amides is 2. The van der Waals surface area contributed by atoms with Gasteiger partial charge in [-0.2, -0.15) is 0 Å². The molecule has 0 saturated carbocycles. The Bertz CT molecular complexity index is 1420. The van der Waals surface area contributed by atoms with E-state index >= 15 is 0 Å². The first-order valence-electron chi connectivity index (χ1n) is 12.7. The van der Waals surface area contributed by atoms with Crippen LogP contribution in [0.4, 0.5) is 10.1 Å². The Hall–Kier alpha value is -3.63. The highest BCUT2D eigenvalue weighted by molar-refractivity contribution is 7.92. The maximum Gasteiger partial charge on any atom is 0.264 e. The van der Waals surface area contributed by atoms with Crippen molar-refractivity contribution >= 4 is 39.1 Å². The third-order valence-corrected chi connectivity index (χ3v) is 8.16. The fraction of sp³-hybridized carbons (Fsp3) is 0.310. The van der Waals surface area contributed by atoms with Crippen LogP contribution in [0.5, 0.6) is 5.75 Å². The molecule has 0 heterocycles. The number of anilines is 1. The standard InChI is InChI=1S/C29H33ClFN3O5S/c1-20(2)17-32-29(36)21(3)33(18-22-8-10-24(31)11-9-22)28(35)19-34(25-7-5-6-23(30)16-25)40(37,38)27-14-12-26(39-4)13-15-27/h5-16,20-21H,17-19H2,1-4H3,(H,32,36)/t21-/m1/s1. The van der Waals surface area contributed by atoms with E-state index in [2.05, 4.69) is 5.32 Å². The van der Waals surface area contributed by atoms with E-state index in [1.807, 2.05) is 13.8 Å². The first-order chi connectivity index (χ1) is 18.9. The van der Waals surface area contributed by atoms with Crippen molar-refractivity contribution < 1.29 is 27.1 Å². The Kier molecular flexibility index (Phi) is 10.5. The Labute approximate surface area is 239 Å². The first-order valence-corrected chi connectivity index (χ1v) is 14.5. The number of hydrogen-bond acceptors (Lipinski definition) is 5. The van der Waals surface area contributed by atoms with Crippen LogP contribution in [-0.2, 0) is 26.2 Å². The summed E-state index contributed by atoms with van der Waals surface area (Å²) in [7, 11) is -2.78. The summed E-state index contributed by atoms with van der Waals surface area (Å²) in [4.78, 5) is 28.1. The fourth-order valence-corrected chi connectivity index (χ4v) is 5.45. The molecule has 8 nitrogen and oxygen atoms in total. The van der Waals surface area contributed by atoms with E-state index in [1.165, 1.54) is 72.7 Å². The summed E-state index contributed by atoms with van der Waals surface area (Å²) in [6, 6.07) is 16.5. The molecule has 11 heteroatoms. The number of ether oxygens (including phenoxy) is 1. The van der Waals surface area contributed by atoms with Crippen molar-refractivity contribution in [2.75, 3.05) is 24.5 Å². The number of methoxy groups -OCH3 is 1. The maximum absolute atomic E-state index is 13.9. The van der Waals surface area contributed by atoms with Crippen LogP contribution in [0.15, 0.2) is 77.7 Å². The average molecular weight is 590 g/mol. The number of nitrogens with zero attached hydrogens (tertiary/aromatic N) is 2. The Morgan fingerprint density at radius 1 is 1.00 bits per heavy atom. The number of carbonyl (C=O) groups is 2. The van der Waals surface area contributed by atoms with E-state index in [4.69, 9.17) is 16.3 Å². The van der Waals surface area contributed by atoms with Gasteiger partial charge in [-0.3, -0.25) is 13.9 Å². The van der Waals surface area contributed by atoms with Gasteiger partial charge in [-0.25, -0.2) is 12.8 Å². The third kappa shape index (κ3) is 7.95. The SMILES string of the molecule is COc1ccc(S(=O)(=O)N(CC(=O)N(Cc2ccc(F)cc2)[C@H](C)C(=O)NCC(C)C)c2cccc(Cl)c2)cc1. The molecule has 0 aliphatic heterocycles. The number of carbonyl (C=O) groups excluding carboxylic acids is 2. The number of halogens is 2. The molecule has 1 N–H and O–H groups in total. The average Bonchev–Trinajstić information content (AvgIpc) is 2.93. The van der Waals surface area contributed by atoms with Crippen LogP contribution >= 0.6 is 11.6 Å². The van der Waals surface area contributed by atoms with Crippen LogP contribution in [-0.4, -0.2) is 51.4 Å². The van der Waals surface area contributed by atoms with Gasteiger partial charge in [0.2, 0.25) is 11.8 Å². The Balaban J connectivity index is 2.01. The van der Waals surface area contributed by atoms with E-state index in [0.717, 1.165) is 4.31 Å². The summed E-state index contributed by atoms with van der Waals surface area (Å²) in [6.45, 7) is 5.21. The zero-order valence-electron chi connectivity index (χ0n) is 22.8. The van der Waals surface area contributed by atoms with Crippen molar-refractivity contribution in [2.45, 2.75) is 38.3 Å². The second-order valence-electron chi connectivity index (χ2n) is 9.63. The Morgan fingerprint density at radius 2 is 1.65 bits per heavy atom. The van der Waals surface area contributed by atoms with E-state index in [0.29, 0.717) is 17.9 Å². The summed E-state index contributed by atoms with van der Waals surface area (Å²) < 4.78 is 47.3. The smallest absolute Gasteiger partial charge is 0.264 e. The lowest BCUT2D eigenvalue weighted by Gasteiger charge is -2.32. The monoisotopic (exact) mass is 589 g/mol. The molecule has 3 aromatic rings. The van der Waals surface area contributed by atoms with Gasteiger partial charge >= 0.3 is 0 Å². The first kappa shape index (κ1) is 30.9. The lowest BCUT2D eigenvalue weighted by Crippen LogP contribution is -2.51. The fourth-order valence-electron chi connectivity index (χ4n) is 3.86. The number of benzene rings is 3. The highest BCUT2D eigenvalue weighted by Gasteiger charge is 2.32. The van der Waals surface area contributed by atoms with Crippen molar-refractivity contribution in [3.05, 3.63) is 89.2 Å². The van der Waals surface area contributed by atoms with Crippen molar-refractivity contribution in [1.82, 2.24) is 10.2 Å². The van der Waals surface area contributed by atoms with Crippen LogP contribution in [0.1, 0.15) is 26.3 Å². The second kappa shape index (κ2) is 13.6. The van der Waals surface area contributed by atoms with Gasteiger partial charge in [-0.15, -0.1) is 0 Å². The quantitative estimate of drug-likeness (QED) is 0.325. The lowest BCUT2D eigenvalue weighted by atomic mass is 10.1. The van der Waals surface area contributed by atoms with Crippen molar-refractivity contribution in [2.24, 2.45) is 5.92 Å². The zero-order valence-corrected chi connectivity index (χ0v) is 24.4. The van der Waals surface area contributed by atoms with Gasteiger partial charge in [-0.1, -0.05) is 43.6 Å². The van der Waals surface area contributed by atoms with Crippen molar-refractivity contribution in [3.8, 4) is 5.75 Å². The molecule has 0 aromatic heterocycles. The van der Waals surface area contributed by atoms with Crippen molar-refractivity contribution in [3.63, 3.8) is 0 Å². The van der Waals surface area contributed by atoms with Crippen LogP contribution < -0.4 is 14.4 Å². The molecule has 0 spiro atoms. The summed E-state index contributed by atoms with van der Waals surface area (Å²) in [5.74, 6) is -0.812. The number of hydrogen-bond donors (Lipinski definition) is 1. The number of sulfonamides is 1. The minimum Gasteiger partial charge on any atom is -0.497 e. The molecule has 40 heavy (non-hydrogen) atoms. The Morgan fingerprint density at radius 3 is 2.23 bits per heavy atom. The summed E-state index contributed by atoms with van der Waals surface area (Å²) in [5.41, 5.74) is 0.751. The molecule has 2 amide bonds. The van der Waals surface area contributed by atoms with Gasteiger partial charge in [0.1, 0.15) is 24.2 Å². The molecular formula is C29H33ClFN3O5S. The van der Waals surface area contributed by atoms with Gasteiger partial charge in [0.25, 0.3) is 10.0 Å². The van der Waals surface area contributed by atoms with Crippen molar-refractivity contribution in [1.29, 1.82) is 0 Å². The molecule has 0 fully saturated rings. The van der Waals surface area contributed by atoms with Gasteiger partial charge in [-0.05, 0) is 73.0 Å². The molecule has 0 bridgehead atoms. The molecule has 0 saturated heterocycles. The third-order valence-electron chi connectivity index (χ3n) is 6.14. The molecule has 0 radical (unpaired) electrons. The molecule has 3 aromatic carbocycles. The summed E-state index contributed by atoms with van der Waals surface area (Å²) >= 11 is 6.18. The van der Waals surface area contributed by atoms with Crippen LogP contribution in [0.3, 0.4) is 0 Å². The van der Waals surface area contributed by atoms with Gasteiger partial charge in [0.15, 0.2) is 0 Å². The van der Waals surface area contributed by atoms with E-state index in [1.54, 1.807) is 19.1 Å². The van der Waals surface area contributed by atoms with Crippen LogP contribution in [0, 0.1) is 11.7 Å². The minimum absolute atomic E-state index is 0.0403. The van der Waals surface area contributed by atoms with Crippen LogP contribution in [0.2, 0.25) is 5.02 Å². The maximum atomic E-state index is 13.9. The molecule has 3 rings (SSSR count). The van der Waals surface area contributed by atoms with E-state index in [9.17, 15) is 22.4 Å². The van der Waals surface area contributed by atoms with Gasteiger partial charge < -0.3 is 15.0 Å². The lowest BCUT2D eigenvalue weighted by molar-refractivity contribution is -0.139. The summed E-state index contributed by atoms with van der Waals surface area (Å²) in [5, 5.41) is 3.10. The second-order valence-corrected chi connectivity index (χ2v) is 11.9. The largest absolute Gasteiger partial charge is 0.497 e. The highest BCUT2D eigenvalue weighted by atomic mass is 35.5. The summed E-state index contributed by atoms with van der Waals surface area (Å²) in [6.07, 6.45) is 0. The molecule has 0 aliphatic rings. The molecule has 1 atom stereocenters. The molecule has 0 unspecified atom stereocenters. The number of nitrogens with one attached hydrogen (secondary N) is 1. The van der Waals surface area contributed by atoms with Gasteiger partial charge in [0.05, 0.1) is 17.7 Å². The topological polar surface area (TPSA) is 96.0 Å². The normalized spacial score (nSPS) is 12.1. The predicted octanol–water partition coefficient (Wildman–Crippen LogP) is 4.87. The minimum atomic E-state index is -4.25. The van der Waals surface area contributed by atoms with E-state index < -0.39 is 40.2 Å². The molecular weight excluding hydrogens is 557 g/mol. The highest BCUT2D eigenvalue weighted by Crippen LogP contribution is 2.28.